The standard InChI is InChI=1S/C8H7F5N2.ClH/c9-7(10,8(11,12)13)6(14)5-3-1-2-4-15-5;/h1-4,6H,14H2;1H/t6-;/m1./s1. The zero-order valence-electron chi connectivity index (χ0n) is 7.71. The molecule has 16 heavy (non-hydrogen) atoms. The van der Waals surface area contributed by atoms with Crippen LogP contribution < -0.4 is 5.73 Å². The molecule has 2 nitrogen and oxygen atoms in total. The fourth-order valence-electron chi connectivity index (χ4n) is 0.922. The molecule has 0 aliphatic heterocycles. The number of pyridine rings is 1. The SMILES string of the molecule is Cl.N[C@H](c1ccccn1)C(F)(F)C(F)(F)F. The highest BCUT2D eigenvalue weighted by Crippen LogP contribution is 2.42. The van der Waals surface area contributed by atoms with Crippen LogP contribution >= 0.6 is 12.4 Å². The average Bonchev–Trinajstić information content (AvgIpc) is 2.16. The van der Waals surface area contributed by atoms with Gasteiger partial charge in [-0.05, 0) is 12.1 Å². The lowest BCUT2D eigenvalue weighted by molar-refractivity contribution is -0.291. The Balaban J connectivity index is 0.00000225. The van der Waals surface area contributed by atoms with Crippen LogP contribution in [-0.2, 0) is 0 Å². The third-order valence-electron chi connectivity index (χ3n) is 1.77. The third-order valence-corrected chi connectivity index (χ3v) is 1.77. The molecule has 1 atom stereocenters. The van der Waals surface area contributed by atoms with Crippen molar-refractivity contribution in [3.05, 3.63) is 30.1 Å². The fraction of sp³-hybridized carbons (Fsp3) is 0.375. The maximum atomic E-state index is 12.7. The van der Waals surface area contributed by atoms with E-state index >= 15 is 0 Å². The van der Waals surface area contributed by atoms with Gasteiger partial charge in [-0.1, -0.05) is 6.07 Å². The zero-order valence-corrected chi connectivity index (χ0v) is 8.53. The monoisotopic (exact) mass is 262 g/mol. The van der Waals surface area contributed by atoms with Crippen LogP contribution in [0.1, 0.15) is 11.7 Å². The summed E-state index contributed by atoms with van der Waals surface area (Å²) in [5.74, 6) is -4.98. The number of hydrogen-bond donors (Lipinski definition) is 1. The van der Waals surface area contributed by atoms with E-state index in [-0.39, 0.29) is 12.4 Å². The van der Waals surface area contributed by atoms with Gasteiger partial charge in [0, 0.05) is 6.20 Å². The number of nitrogens with zero attached hydrogens (tertiary/aromatic N) is 1. The van der Waals surface area contributed by atoms with Crippen molar-refractivity contribution in [2.24, 2.45) is 5.73 Å². The van der Waals surface area contributed by atoms with E-state index in [1.54, 1.807) is 0 Å². The minimum atomic E-state index is -5.68. The summed E-state index contributed by atoms with van der Waals surface area (Å²) in [5.41, 5.74) is 4.33. The van der Waals surface area contributed by atoms with Crippen LogP contribution in [0.5, 0.6) is 0 Å². The van der Waals surface area contributed by atoms with Gasteiger partial charge in [-0.25, -0.2) is 0 Å². The maximum absolute atomic E-state index is 12.7. The second kappa shape index (κ2) is 4.92. The lowest BCUT2D eigenvalue weighted by Crippen LogP contribution is -2.46. The van der Waals surface area contributed by atoms with E-state index in [0.717, 1.165) is 12.3 Å². The van der Waals surface area contributed by atoms with Gasteiger partial charge >= 0.3 is 12.1 Å². The highest BCUT2D eigenvalue weighted by molar-refractivity contribution is 5.85. The molecule has 0 aromatic carbocycles. The smallest absolute Gasteiger partial charge is 0.317 e. The molecule has 0 aliphatic rings. The van der Waals surface area contributed by atoms with E-state index in [1.165, 1.54) is 12.1 Å². The van der Waals surface area contributed by atoms with Gasteiger partial charge in [0.2, 0.25) is 0 Å². The molecule has 0 amide bonds. The Morgan fingerprint density at radius 1 is 1.12 bits per heavy atom. The van der Waals surface area contributed by atoms with Crippen LogP contribution in [0.3, 0.4) is 0 Å². The van der Waals surface area contributed by atoms with Crippen LogP contribution in [0.25, 0.3) is 0 Å². The molecular weight excluding hydrogens is 255 g/mol. The molecule has 0 fully saturated rings. The lowest BCUT2D eigenvalue weighted by atomic mass is 10.1. The normalized spacial score (nSPS) is 14.1. The van der Waals surface area contributed by atoms with Gasteiger partial charge in [0.1, 0.15) is 6.04 Å². The van der Waals surface area contributed by atoms with E-state index in [0.29, 0.717) is 0 Å². The molecule has 0 bridgehead atoms. The molecule has 0 spiro atoms. The molecule has 1 rings (SSSR count). The maximum Gasteiger partial charge on any atom is 0.455 e. The van der Waals surface area contributed by atoms with Gasteiger partial charge in [-0.15, -0.1) is 12.4 Å². The first-order valence-corrected chi connectivity index (χ1v) is 3.88. The molecular formula is C8H8ClF5N2. The Morgan fingerprint density at radius 3 is 2.06 bits per heavy atom. The first kappa shape index (κ1) is 15.0. The molecule has 1 aromatic heterocycles. The number of rotatable bonds is 2. The highest BCUT2D eigenvalue weighted by Gasteiger charge is 2.62. The van der Waals surface area contributed by atoms with E-state index in [4.69, 9.17) is 5.73 Å². The van der Waals surface area contributed by atoms with Crippen LogP contribution in [0.4, 0.5) is 22.0 Å². The summed E-state index contributed by atoms with van der Waals surface area (Å²) in [6.45, 7) is 0. The van der Waals surface area contributed by atoms with Crippen molar-refractivity contribution in [2.45, 2.75) is 18.1 Å². The van der Waals surface area contributed by atoms with Crippen molar-refractivity contribution < 1.29 is 22.0 Å². The summed E-state index contributed by atoms with van der Waals surface area (Å²) in [6, 6.07) is 1.21. The third kappa shape index (κ3) is 2.79. The van der Waals surface area contributed by atoms with Crippen molar-refractivity contribution in [3.63, 3.8) is 0 Å². The highest BCUT2D eigenvalue weighted by atomic mass is 35.5. The summed E-state index contributed by atoms with van der Waals surface area (Å²) in [5, 5.41) is 0. The summed E-state index contributed by atoms with van der Waals surface area (Å²) < 4.78 is 61.2. The van der Waals surface area contributed by atoms with Crippen molar-refractivity contribution in [1.82, 2.24) is 4.98 Å². The number of halogens is 6. The minimum absolute atomic E-state index is 0. The molecule has 0 saturated carbocycles. The van der Waals surface area contributed by atoms with E-state index < -0.39 is 23.8 Å². The predicted molar refractivity (Wildman–Crippen MR) is 49.4 cm³/mol. The summed E-state index contributed by atoms with van der Waals surface area (Å²) in [7, 11) is 0. The Labute approximate surface area is 94.1 Å². The molecule has 2 N–H and O–H groups in total. The molecule has 1 aromatic rings. The Hall–Kier alpha value is -0.950. The minimum Gasteiger partial charge on any atom is -0.317 e. The Kier molecular flexibility index (Phi) is 4.63. The molecule has 8 heteroatoms. The van der Waals surface area contributed by atoms with Gasteiger partial charge in [0.05, 0.1) is 5.69 Å². The van der Waals surface area contributed by atoms with E-state index in [1.807, 2.05) is 0 Å². The van der Waals surface area contributed by atoms with Gasteiger partial charge in [0.15, 0.2) is 0 Å². The molecule has 0 radical (unpaired) electrons. The van der Waals surface area contributed by atoms with E-state index in [9.17, 15) is 22.0 Å². The van der Waals surface area contributed by atoms with Gasteiger partial charge in [-0.2, -0.15) is 22.0 Å². The van der Waals surface area contributed by atoms with Crippen molar-refractivity contribution in [3.8, 4) is 0 Å². The van der Waals surface area contributed by atoms with Crippen molar-refractivity contribution in [2.75, 3.05) is 0 Å². The number of hydrogen-bond acceptors (Lipinski definition) is 2. The molecule has 0 unspecified atom stereocenters. The fourth-order valence-corrected chi connectivity index (χ4v) is 0.922. The average molecular weight is 263 g/mol. The molecule has 92 valence electrons. The molecule has 0 saturated heterocycles. The van der Waals surface area contributed by atoms with Crippen LogP contribution in [0.15, 0.2) is 24.4 Å². The molecule has 1 heterocycles. The second-order valence-electron chi connectivity index (χ2n) is 2.85. The summed E-state index contributed by atoms with van der Waals surface area (Å²) >= 11 is 0. The van der Waals surface area contributed by atoms with Crippen LogP contribution in [0.2, 0.25) is 0 Å². The number of nitrogens with two attached hydrogens (primary N) is 1. The first-order valence-electron chi connectivity index (χ1n) is 3.88. The van der Waals surface area contributed by atoms with Gasteiger partial charge < -0.3 is 5.73 Å². The lowest BCUT2D eigenvalue weighted by Gasteiger charge is -2.25. The molecule has 0 aliphatic carbocycles. The second-order valence-corrected chi connectivity index (χ2v) is 2.85. The number of aromatic nitrogens is 1. The van der Waals surface area contributed by atoms with Gasteiger partial charge in [-0.3, -0.25) is 4.98 Å². The zero-order chi connectivity index (χ0) is 11.7. The number of alkyl halides is 5. The Bertz CT molecular complexity index is 327. The van der Waals surface area contributed by atoms with Crippen molar-refractivity contribution >= 4 is 12.4 Å². The Morgan fingerprint density at radius 2 is 1.69 bits per heavy atom. The first-order chi connectivity index (χ1) is 6.77. The van der Waals surface area contributed by atoms with Crippen LogP contribution in [-0.4, -0.2) is 17.1 Å². The van der Waals surface area contributed by atoms with Crippen LogP contribution in [0, 0.1) is 0 Å². The summed E-state index contributed by atoms with van der Waals surface area (Å²) in [4.78, 5) is 3.35. The topological polar surface area (TPSA) is 38.9 Å². The summed E-state index contributed by atoms with van der Waals surface area (Å²) in [6.07, 6.45) is -4.58. The van der Waals surface area contributed by atoms with Crippen molar-refractivity contribution in [1.29, 1.82) is 0 Å². The van der Waals surface area contributed by atoms with E-state index in [2.05, 4.69) is 4.98 Å². The van der Waals surface area contributed by atoms with Gasteiger partial charge in [0.25, 0.3) is 0 Å². The predicted octanol–water partition coefficient (Wildman–Crippen LogP) is 2.70. The quantitative estimate of drug-likeness (QED) is 0.833. The largest absolute Gasteiger partial charge is 0.455 e.